The number of benzene rings is 2. The van der Waals surface area contributed by atoms with Crippen LogP contribution in [0.1, 0.15) is 27.8 Å². The topological polar surface area (TPSA) is 6.25 Å². The van der Waals surface area contributed by atoms with Gasteiger partial charge in [0.05, 0.1) is 0 Å². The monoisotopic (exact) mass is 646 g/mol. The number of aryl methyl sites for hydroxylation is 3. The molecular weight excluding hydrogens is 612 g/mol. The van der Waals surface area contributed by atoms with Crippen molar-refractivity contribution in [2.24, 2.45) is 0 Å². The van der Waals surface area contributed by atoms with Crippen molar-refractivity contribution in [2.75, 3.05) is 33.1 Å². The summed E-state index contributed by atoms with van der Waals surface area (Å²) in [6.45, 7) is 6.65. The first-order chi connectivity index (χ1) is 18.2. The van der Waals surface area contributed by atoms with Crippen molar-refractivity contribution in [3.8, 4) is 0 Å². The molecule has 0 unspecified atom stereocenters. The van der Waals surface area contributed by atoms with Gasteiger partial charge in [-0.1, -0.05) is 0 Å². The molecule has 4 rings (SSSR count). The van der Waals surface area contributed by atoms with Crippen LogP contribution in [0.2, 0.25) is 0 Å². The molecule has 1 aliphatic carbocycles. The van der Waals surface area contributed by atoms with Crippen molar-refractivity contribution in [3.63, 3.8) is 0 Å². The Labute approximate surface area is 238 Å². The van der Waals surface area contributed by atoms with E-state index in [0.717, 1.165) is 0 Å². The number of hydrogen-bond donors (Lipinski definition) is 0. The first-order valence-electron chi connectivity index (χ1n) is 12.4. The fraction of sp³-hybridized carbons (Fsp3) is 0.233. The quantitative estimate of drug-likeness (QED) is 0.140. The summed E-state index contributed by atoms with van der Waals surface area (Å²) >= 11 is 0.231. The normalized spacial score (nSPS) is 16.9. The molecule has 216 valence electrons. The van der Waals surface area contributed by atoms with E-state index >= 15 is 0 Å². The summed E-state index contributed by atoms with van der Waals surface area (Å²) in [6.07, 6.45) is 13.8. The van der Waals surface area contributed by atoms with Crippen LogP contribution in [0.5, 0.6) is 0 Å². The van der Waals surface area contributed by atoms with Gasteiger partial charge in [0.2, 0.25) is 0 Å². The van der Waals surface area contributed by atoms with Gasteiger partial charge in [-0.25, -0.2) is 0 Å². The SMILES string of the molecule is Cc1cc(C)c(C2=CC(=C3C=CC(=[N+](C)C)C=C3)[Se]C(c3ccc(N(C)C)cc3)=C2)c(C)c1.F[P-](F)(F)(F)(F)F. The van der Waals surface area contributed by atoms with Crippen molar-refractivity contribution < 1.29 is 29.8 Å². The maximum atomic E-state index is 9.87. The summed E-state index contributed by atoms with van der Waals surface area (Å²) in [4.78, 5) is 2.15. The number of hydrogen-bond acceptors (Lipinski definition) is 1. The molecule has 0 bridgehead atoms. The second kappa shape index (κ2) is 10.8. The molecule has 0 saturated heterocycles. The second-order valence-corrected chi connectivity index (χ2v) is 14.4. The zero-order chi connectivity index (χ0) is 30.1. The number of rotatable bonds is 3. The average Bonchev–Trinajstić information content (AvgIpc) is 2.81. The van der Waals surface area contributed by atoms with Crippen molar-refractivity contribution in [1.29, 1.82) is 0 Å². The van der Waals surface area contributed by atoms with E-state index in [2.05, 4.69) is 131 Å². The Hall–Kier alpha value is -2.86. The van der Waals surface area contributed by atoms with Crippen molar-refractivity contribution in [2.45, 2.75) is 20.8 Å². The van der Waals surface area contributed by atoms with E-state index in [9.17, 15) is 25.2 Å². The van der Waals surface area contributed by atoms with Gasteiger partial charge in [-0.2, -0.15) is 0 Å². The molecule has 0 amide bonds. The molecule has 0 N–H and O–H groups in total. The Kier molecular flexibility index (Phi) is 8.59. The first kappa shape index (κ1) is 31.7. The van der Waals surface area contributed by atoms with Crippen molar-refractivity contribution in [3.05, 3.63) is 111 Å². The van der Waals surface area contributed by atoms with Crippen LogP contribution in [0, 0.1) is 20.8 Å². The van der Waals surface area contributed by atoms with Gasteiger partial charge < -0.3 is 0 Å². The maximum absolute atomic E-state index is 10.7. The molecule has 1 heterocycles. The fourth-order valence-corrected chi connectivity index (χ4v) is 6.76. The van der Waals surface area contributed by atoms with E-state index in [1.165, 1.54) is 59.3 Å². The van der Waals surface area contributed by atoms with Gasteiger partial charge in [0.15, 0.2) is 0 Å². The van der Waals surface area contributed by atoms with Crippen LogP contribution in [-0.2, 0) is 0 Å². The summed E-state index contributed by atoms with van der Waals surface area (Å²) in [5.41, 5.74) is 11.8. The molecular formula is C30H33F6N2PSe. The Bertz CT molecular complexity index is 1450. The average molecular weight is 646 g/mol. The minimum absolute atomic E-state index is 0.231. The fourth-order valence-electron chi connectivity index (χ4n) is 4.41. The van der Waals surface area contributed by atoms with Gasteiger partial charge in [-0.3, -0.25) is 0 Å². The molecule has 10 heteroatoms. The van der Waals surface area contributed by atoms with Crippen LogP contribution in [-0.4, -0.2) is 53.4 Å². The summed E-state index contributed by atoms with van der Waals surface area (Å²) in [5.74, 6) is 0. The van der Waals surface area contributed by atoms with E-state index in [4.69, 9.17) is 0 Å². The third-order valence-corrected chi connectivity index (χ3v) is 8.50. The molecule has 0 aromatic heterocycles. The Balaban J connectivity index is 0.000000559. The molecule has 2 aromatic rings. The van der Waals surface area contributed by atoms with Gasteiger partial charge in [-0.15, -0.1) is 0 Å². The van der Waals surface area contributed by atoms with E-state index in [1.54, 1.807) is 0 Å². The predicted octanol–water partition coefficient (Wildman–Crippen LogP) is 9.30. The summed E-state index contributed by atoms with van der Waals surface area (Å²) < 4.78 is 64.2. The Morgan fingerprint density at radius 2 is 1.25 bits per heavy atom. The van der Waals surface area contributed by atoms with E-state index < -0.39 is 7.81 Å². The Morgan fingerprint density at radius 1 is 0.750 bits per heavy atom. The van der Waals surface area contributed by atoms with Crippen LogP contribution < -0.4 is 4.90 Å². The molecule has 0 saturated carbocycles. The first-order valence-corrected chi connectivity index (χ1v) is 16.1. The number of anilines is 1. The zero-order valence-electron chi connectivity index (χ0n) is 23.4. The van der Waals surface area contributed by atoms with Crippen molar-refractivity contribution in [1.82, 2.24) is 0 Å². The standard InChI is InChI=1S/C30H33N2Se.F6P/c1-20-16-21(2)30(22(3)17-20)25-18-28(23-8-12-26(13-9-23)31(4)5)33-29(19-25)24-10-14-27(15-11-24)32(6)7;1-7(2,3,4,5)6/h8-19H,1-7H3;/q+1;-1. The van der Waals surface area contributed by atoms with Crippen LogP contribution in [0.4, 0.5) is 30.9 Å². The van der Waals surface area contributed by atoms with Gasteiger partial charge in [0.1, 0.15) is 0 Å². The summed E-state index contributed by atoms with van der Waals surface area (Å²) in [6, 6.07) is 13.6. The van der Waals surface area contributed by atoms with E-state index in [0.29, 0.717) is 0 Å². The molecule has 2 aromatic carbocycles. The molecule has 40 heavy (non-hydrogen) atoms. The van der Waals surface area contributed by atoms with Crippen LogP contribution >= 0.6 is 7.81 Å². The van der Waals surface area contributed by atoms with Crippen LogP contribution in [0.15, 0.2) is 82.9 Å². The van der Waals surface area contributed by atoms with Gasteiger partial charge in [-0.05, 0) is 0 Å². The molecule has 0 spiro atoms. The molecule has 0 radical (unpaired) electrons. The van der Waals surface area contributed by atoms with E-state index in [1.807, 2.05) is 0 Å². The predicted molar refractivity (Wildman–Crippen MR) is 159 cm³/mol. The molecule has 2 aliphatic rings. The molecule has 1 aliphatic heterocycles. The molecule has 0 atom stereocenters. The van der Waals surface area contributed by atoms with E-state index in [-0.39, 0.29) is 15.0 Å². The van der Waals surface area contributed by atoms with Crippen LogP contribution in [0.3, 0.4) is 0 Å². The van der Waals surface area contributed by atoms with Gasteiger partial charge in [0.25, 0.3) is 0 Å². The number of halogens is 6. The molecule has 0 fully saturated rings. The van der Waals surface area contributed by atoms with Crippen molar-refractivity contribution >= 4 is 44.2 Å². The molecule has 2 nitrogen and oxygen atoms in total. The van der Waals surface area contributed by atoms with Crippen LogP contribution in [0.25, 0.3) is 10.0 Å². The Morgan fingerprint density at radius 3 is 1.70 bits per heavy atom. The number of allylic oxidation sites excluding steroid dienone is 9. The third-order valence-electron chi connectivity index (χ3n) is 6.10. The minimum atomic E-state index is -10.7. The third kappa shape index (κ3) is 9.65. The summed E-state index contributed by atoms with van der Waals surface area (Å²) in [7, 11) is -2.30. The zero-order valence-corrected chi connectivity index (χ0v) is 26.1. The van der Waals surface area contributed by atoms with Gasteiger partial charge in [0, 0.05) is 0 Å². The van der Waals surface area contributed by atoms with Gasteiger partial charge >= 0.3 is 239 Å². The second-order valence-electron chi connectivity index (χ2n) is 10.2. The summed E-state index contributed by atoms with van der Waals surface area (Å²) in [5, 5.41) is 0. The number of nitrogens with zero attached hydrogens (tertiary/aromatic N) is 2.